The van der Waals surface area contributed by atoms with Crippen LogP contribution in [-0.4, -0.2) is 10.9 Å². The molecule has 4 nitrogen and oxygen atoms in total. The van der Waals surface area contributed by atoms with E-state index in [0.717, 1.165) is 16.9 Å². The van der Waals surface area contributed by atoms with Crippen LogP contribution in [0.15, 0.2) is 71.7 Å². The molecule has 22 heavy (non-hydrogen) atoms. The van der Waals surface area contributed by atoms with Gasteiger partial charge in [0, 0.05) is 11.9 Å². The monoisotopic (exact) mass is 290 g/mol. The summed E-state index contributed by atoms with van der Waals surface area (Å²) >= 11 is 0. The summed E-state index contributed by atoms with van der Waals surface area (Å²) in [6, 6.07) is 15.0. The summed E-state index contributed by atoms with van der Waals surface area (Å²) in [4.78, 5) is 16.2. The molecule has 2 aromatic heterocycles. The Morgan fingerprint density at radius 3 is 2.82 bits per heavy atom. The number of hydrogen-bond donors (Lipinski definition) is 1. The summed E-state index contributed by atoms with van der Waals surface area (Å²) in [6.07, 6.45) is 8.52. The van der Waals surface area contributed by atoms with Gasteiger partial charge in [-0.1, -0.05) is 24.3 Å². The number of hydrogen-bond acceptors (Lipinski definition) is 3. The molecule has 3 rings (SSSR count). The predicted octanol–water partition coefficient (Wildman–Crippen LogP) is 4.10. The molecule has 3 aromatic rings. The number of anilines is 1. The molecular formula is C18H14N2O2. The van der Waals surface area contributed by atoms with E-state index in [4.69, 9.17) is 4.42 Å². The normalized spacial score (nSPS) is 10.7. The summed E-state index contributed by atoms with van der Waals surface area (Å²) in [5.74, 6) is -0.195. The van der Waals surface area contributed by atoms with Crippen LogP contribution in [0.5, 0.6) is 0 Å². The molecule has 0 radical (unpaired) electrons. The molecule has 0 aliphatic heterocycles. The van der Waals surface area contributed by atoms with Crippen molar-refractivity contribution in [1.82, 2.24) is 4.98 Å². The number of nitrogens with one attached hydrogen (secondary N) is 1. The van der Waals surface area contributed by atoms with Crippen molar-refractivity contribution in [3.8, 4) is 0 Å². The van der Waals surface area contributed by atoms with Crippen LogP contribution in [0.3, 0.4) is 0 Å². The van der Waals surface area contributed by atoms with Gasteiger partial charge in [-0.05, 0) is 42.0 Å². The maximum absolute atomic E-state index is 12.0. The highest BCUT2D eigenvalue weighted by molar-refractivity contribution is 6.04. The van der Waals surface area contributed by atoms with Gasteiger partial charge in [0.15, 0.2) is 0 Å². The van der Waals surface area contributed by atoms with E-state index >= 15 is 0 Å². The van der Waals surface area contributed by atoms with E-state index in [1.54, 1.807) is 12.3 Å². The fraction of sp³-hybridized carbons (Fsp3) is 0. The Morgan fingerprint density at radius 2 is 2.05 bits per heavy atom. The number of benzene rings is 1. The third-order valence-electron chi connectivity index (χ3n) is 3.06. The van der Waals surface area contributed by atoms with Crippen molar-refractivity contribution in [3.63, 3.8) is 0 Å². The second kappa shape index (κ2) is 6.54. The molecule has 0 bridgehead atoms. The summed E-state index contributed by atoms with van der Waals surface area (Å²) in [5, 5.41) is 2.83. The average molecular weight is 290 g/mol. The molecule has 1 N–H and O–H groups in total. The fourth-order valence-corrected chi connectivity index (χ4v) is 1.97. The first-order valence-electron chi connectivity index (χ1n) is 6.84. The third kappa shape index (κ3) is 3.49. The fourth-order valence-electron chi connectivity index (χ4n) is 1.97. The molecule has 1 amide bonds. The highest BCUT2D eigenvalue weighted by atomic mass is 16.3. The van der Waals surface area contributed by atoms with Crippen LogP contribution >= 0.6 is 0 Å². The van der Waals surface area contributed by atoms with Gasteiger partial charge >= 0.3 is 0 Å². The van der Waals surface area contributed by atoms with Gasteiger partial charge in [0.25, 0.3) is 5.91 Å². The van der Waals surface area contributed by atoms with Crippen molar-refractivity contribution in [3.05, 3.63) is 84.1 Å². The highest BCUT2D eigenvalue weighted by Gasteiger charge is 2.06. The van der Waals surface area contributed by atoms with Crippen LogP contribution in [0.1, 0.15) is 21.6 Å². The van der Waals surface area contributed by atoms with E-state index in [1.165, 1.54) is 12.5 Å². The van der Waals surface area contributed by atoms with Crippen LogP contribution in [0.25, 0.3) is 12.2 Å². The summed E-state index contributed by atoms with van der Waals surface area (Å²) in [7, 11) is 0. The van der Waals surface area contributed by atoms with Crippen LogP contribution < -0.4 is 5.32 Å². The van der Waals surface area contributed by atoms with Crippen molar-refractivity contribution >= 4 is 23.7 Å². The molecule has 0 saturated heterocycles. The van der Waals surface area contributed by atoms with Crippen LogP contribution in [0.2, 0.25) is 0 Å². The number of nitrogens with zero attached hydrogens (tertiary/aromatic N) is 1. The van der Waals surface area contributed by atoms with E-state index in [9.17, 15) is 4.79 Å². The highest BCUT2D eigenvalue weighted by Crippen LogP contribution is 2.14. The maximum Gasteiger partial charge on any atom is 0.258 e. The molecule has 4 heteroatoms. The maximum atomic E-state index is 12.0. The number of carbonyl (C=O) groups excluding carboxylic acids is 1. The van der Waals surface area contributed by atoms with Crippen LogP contribution in [0, 0.1) is 0 Å². The van der Waals surface area contributed by atoms with Gasteiger partial charge in [0.05, 0.1) is 17.5 Å². The smallest absolute Gasteiger partial charge is 0.258 e. The quantitative estimate of drug-likeness (QED) is 0.787. The van der Waals surface area contributed by atoms with E-state index in [1.807, 2.05) is 54.6 Å². The number of pyridine rings is 1. The molecule has 0 fully saturated rings. The number of furan rings is 1. The largest absolute Gasteiger partial charge is 0.472 e. The van der Waals surface area contributed by atoms with E-state index < -0.39 is 0 Å². The zero-order valence-corrected chi connectivity index (χ0v) is 11.8. The lowest BCUT2D eigenvalue weighted by molar-refractivity contribution is 0.102. The van der Waals surface area contributed by atoms with Crippen molar-refractivity contribution in [2.24, 2.45) is 0 Å². The lowest BCUT2D eigenvalue weighted by atomic mass is 10.1. The Morgan fingerprint density at radius 1 is 1.09 bits per heavy atom. The number of amides is 1. The Kier molecular flexibility index (Phi) is 4.11. The first-order valence-corrected chi connectivity index (χ1v) is 6.84. The van der Waals surface area contributed by atoms with Gasteiger partial charge < -0.3 is 9.73 Å². The molecule has 0 atom stereocenters. The SMILES string of the molecule is O=C(Nc1cccc(C=Cc2ccccn2)c1)c1ccoc1. The van der Waals surface area contributed by atoms with E-state index in [2.05, 4.69) is 10.3 Å². The van der Waals surface area contributed by atoms with Crippen LogP contribution in [-0.2, 0) is 0 Å². The van der Waals surface area contributed by atoms with E-state index in [0.29, 0.717) is 5.56 Å². The molecule has 2 heterocycles. The first kappa shape index (κ1) is 13.8. The lowest BCUT2D eigenvalue weighted by Gasteiger charge is -2.04. The molecule has 0 unspecified atom stereocenters. The molecule has 0 saturated carbocycles. The van der Waals surface area contributed by atoms with E-state index in [-0.39, 0.29) is 5.91 Å². The Balaban J connectivity index is 1.73. The summed E-state index contributed by atoms with van der Waals surface area (Å²) in [5.41, 5.74) is 3.09. The average Bonchev–Trinajstić information content (AvgIpc) is 3.09. The molecule has 1 aromatic carbocycles. The minimum Gasteiger partial charge on any atom is -0.472 e. The van der Waals surface area contributed by atoms with Gasteiger partial charge in [-0.15, -0.1) is 0 Å². The van der Waals surface area contributed by atoms with Gasteiger partial charge in [-0.2, -0.15) is 0 Å². The first-order chi connectivity index (χ1) is 10.8. The second-order valence-electron chi connectivity index (χ2n) is 4.68. The standard InChI is InChI=1S/C18H14N2O2/c21-18(15-9-11-22-13-15)20-17-6-3-4-14(12-17)7-8-16-5-1-2-10-19-16/h1-13H,(H,20,21). The van der Waals surface area contributed by atoms with Crippen molar-refractivity contribution in [1.29, 1.82) is 0 Å². The Labute approximate surface area is 128 Å². The zero-order valence-electron chi connectivity index (χ0n) is 11.8. The Hall–Kier alpha value is -3.14. The minimum absolute atomic E-state index is 0.195. The van der Waals surface area contributed by atoms with Crippen molar-refractivity contribution < 1.29 is 9.21 Å². The predicted molar refractivity (Wildman–Crippen MR) is 86.3 cm³/mol. The molecule has 0 spiro atoms. The van der Waals surface area contributed by atoms with Gasteiger partial charge in [0.2, 0.25) is 0 Å². The minimum atomic E-state index is -0.195. The van der Waals surface area contributed by atoms with Crippen molar-refractivity contribution in [2.45, 2.75) is 0 Å². The molecular weight excluding hydrogens is 276 g/mol. The topological polar surface area (TPSA) is 55.1 Å². The van der Waals surface area contributed by atoms with Gasteiger partial charge in [0.1, 0.15) is 6.26 Å². The zero-order chi connectivity index (χ0) is 15.2. The number of rotatable bonds is 4. The lowest BCUT2D eigenvalue weighted by Crippen LogP contribution is -2.10. The molecule has 0 aliphatic carbocycles. The molecule has 0 aliphatic rings. The Bertz CT molecular complexity index is 778. The van der Waals surface area contributed by atoms with Gasteiger partial charge in [-0.25, -0.2) is 0 Å². The summed E-state index contributed by atoms with van der Waals surface area (Å²) in [6.45, 7) is 0. The number of carbonyl (C=O) groups is 1. The third-order valence-corrected chi connectivity index (χ3v) is 3.06. The van der Waals surface area contributed by atoms with Crippen LogP contribution in [0.4, 0.5) is 5.69 Å². The van der Waals surface area contributed by atoms with Gasteiger partial charge in [-0.3, -0.25) is 9.78 Å². The van der Waals surface area contributed by atoms with Crippen molar-refractivity contribution in [2.75, 3.05) is 5.32 Å². The second-order valence-corrected chi connectivity index (χ2v) is 4.68. The molecule has 108 valence electrons. The number of aromatic nitrogens is 1. The summed E-state index contributed by atoms with van der Waals surface area (Å²) < 4.78 is 4.91.